The van der Waals surface area contributed by atoms with Gasteiger partial charge in [0.25, 0.3) is 0 Å². The molecule has 0 aromatic carbocycles. The molecule has 0 aromatic rings. The second-order valence-corrected chi connectivity index (χ2v) is 3.47. The average Bonchev–Trinajstić information content (AvgIpc) is 2.23. The van der Waals surface area contributed by atoms with Crippen molar-refractivity contribution < 1.29 is 19.5 Å². The molecule has 1 amide bonds. The molecule has 0 heterocycles. The van der Waals surface area contributed by atoms with E-state index >= 15 is 0 Å². The first-order chi connectivity index (χ1) is 7.38. The van der Waals surface area contributed by atoms with Crippen molar-refractivity contribution in [2.45, 2.75) is 25.4 Å². The fourth-order valence-corrected chi connectivity index (χ4v) is 0.966. The number of Topliss-reactive ketones (excluding diaryl/α,β-unsaturated/α-hetero) is 2. The number of rotatable bonds is 8. The summed E-state index contributed by atoms with van der Waals surface area (Å²) in [7, 11) is 0. The van der Waals surface area contributed by atoms with Crippen LogP contribution in [-0.2, 0) is 14.4 Å². The van der Waals surface area contributed by atoms with Crippen molar-refractivity contribution >= 4 is 17.5 Å². The monoisotopic (exact) mass is 231 g/mol. The van der Waals surface area contributed by atoms with E-state index in [0.29, 0.717) is 0 Å². The molecule has 0 bridgehead atoms. The maximum atomic E-state index is 11.3. The molecule has 92 valence electrons. The Morgan fingerprint density at radius 3 is 2.31 bits per heavy atom. The molecule has 0 radical (unpaired) electrons. The number of carbonyl (C=O) groups is 3. The zero-order valence-electron chi connectivity index (χ0n) is 9.10. The minimum absolute atomic E-state index is 0.138. The van der Waals surface area contributed by atoms with Gasteiger partial charge in [-0.3, -0.25) is 14.4 Å². The van der Waals surface area contributed by atoms with Crippen LogP contribution in [0, 0.1) is 0 Å². The molecule has 7 heteroatoms. The number of hydrogen-bond acceptors (Lipinski definition) is 6. The van der Waals surface area contributed by atoms with Gasteiger partial charge in [-0.25, -0.2) is 0 Å². The van der Waals surface area contributed by atoms with E-state index in [1.54, 1.807) is 0 Å². The van der Waals surface area contributed by atoms with E-state index in [9.17, 15) is 14.4 Å². The van der Waals surface area contributed by atoms with Gasteiger partial charge in [-0.15, -0.1) is 0 Å². The van der Waals surface area contributed by atoms with Crippen molar-refractivity contribution in [2.24, 2.45) is 11.5 Å². The summed E-state index contributed by atoms with van der Waals surface area (Å²) in [5.41, 5.74) is 10.3. The van der Waals surface area contributed by atoms with Gasteiger partial charge in [-0.2, -0.15) is 0 Å². The quantitative estimate of drug-likeness (QED) is 0.359. The number of primary amides is 1. The van der Waals surface area contributed by atoms with E-state index in [4.69, 9.17) is 16.6 Å². The Balaban J connectivity index is 3.97. The summed E-state index contributed by atoms with van der Waals surface area (Å²) in [5.74, 6) is -1.48. The lowest BCUT2D eigenvalue weighted by Crippen LogP contribution is -2.45. The molecule has 0 unspecified atom stereocenters. The van der Waals surface area contributed by atoms with Crippen molar-refractivity contribution in [3.05, 3.63) is 0 Å². The summed E-state index contributed by atoms with van der Waals surface area (Å²) in [6.45, 7) is 0.794. The Kier molecular flexibility index (Phi) is 6.47. The fourth-order valence-electron chi connectivity index (χ4n) is 0.966. The Labute approximate surface area is 93.2 Å². The van der Waals surface area contributed by atoms with Crippen molar-refractivity contribution in [3.8, 4) is 0 Å². The standard InChI is InChI=1S/C9H17N3O4/c1-5(8(15)4-13)12-3-7(14)6(10)2-9(11)16/h5-6,12-13H,2-4,10H2,1H3,(H2,11,16)/t5-,6-/m0/s1. The lowest BCUT2D eigenvalue weighted by molar-refractivity contribution is -0.125. The van der Waals surface area contributed by atoms with E-state index < -0.39 is 36.2 Å². The fraction of sp³-hybridized carbons (Fsp3) is 0.667. The van der Waals surface area contributed by atoms with Crippen molar-refractivity contribution in [3.63, 3.8) is 0 Å². The largest absolute Gasteiger partial charge is 0.389 e. The summed E-state index contributed by atoms with van der Waals surface area (Å²) in [6, 6.07) is -1.59. The van der Waals surface area contributed by atoms with Gasteiger partial charge in [-0.1, -0.05) is 0 Å². The number of nitrogens with one attached hydrogen (secondary N) is 1. The second-order valence-electron chi connectivity index (χ2n) is 3.47. The summed E-state index contributed by atoms with van der Waals surface area (Å²) in [6.07, 6.45) is -0.219. The number of aliphatic hydroxyl groups excluding tert-OH is 1. The van der Waals surface area contributed by atoms with E-state index in [2.05, 4.69) is 5.32 Å². The number of carbonyl (C=O) groups excluding carboxylic acids is 3. The van der Waals surface area contributed by atoms with Gasteiger partial charge in [0.15, 0.2) is 11.6 Å². The first-order valence-electron chi connectivity index (χ1n) is 4.82. The Morgan fingerprint density at radius 1 is 1.31 bits per heavy atom. The van der Waals surface area contributed by atoms with Crippen LogP contribution in [0.3, 0.4) is 0 Å². The molecular formula is C9H17N3O4. The average molecular weight is 231 g/mol. The topological polar surface area (TPSA) is 136 Å². The zero-order chi connectivity index (χ0) is 12.7. The van der Waals surface area contributed by atoms with Gasteiger partial charge in [0.1, 0.15) is 6.61 Å². The highest BCUT2D eigenvalue weighted by molar-refractivity contribution is 5.91. The van der Waals surface area contributed by atoms with Gasteiger partial charge in [-0.05, 0) is 6.92 Å². The van der Waals surface area contributed by atoms with Gasteiger partial charge in [0.2, 0.25) is 5.91 Å². The van der Waals surface area contributed by atoms with Crippen LogP contribution in [0.4, 0.5) is 0 Å². The second kappa shape index (κ2) is 7.04. The smallest absolute Gasteiger partial charge is 0.219 e. The number of nitrogens with two attached hydrogens (primary N) is 2. The molecule has 0 fully saturated rings. The minimum atomic E-state index is -0.957. The molecule has 0 aliphatic carbocycles. The van der Waals surface area contributed by atoms with E-state index in [1.165, 1.54) is 6.92 Å². The molecule has 0 saturated heterocycles. The van der Waals surface area contributed by atoms with Crippen molar-refractivity contribution in [1.82, 2.24) is 5.32 Å². The van der Waals surface area contributed by atoms with E-state index in [0.717, 1.165) is 0 Å². The molecule has 0 rings (SSSR count). The molecule has 7 nitrogen and oxygen atoms in total. The molecule has 2 atom stereocenters. The highest BCUT2D eigenvalue weighted by Gasteiger charge is 2.18. The zero-order valence-corrected chi connectivity index (χ0v) is 9.10. The van der Waals surface area contributed by atoms with Crippen LogP contribution in [-0.4, -0.2) is 47.8 Å². The molecule has 0 aliphatic rings. The summed E-state index contributed by atoms with van der Waals surface area (Å²) in [4.78, 5) is 32.8. The van der Waals surface area contributed by atoms with Crippen LogP contribution in [0.1, 0.15) is 13.3 Å². The van der Waals surface area contributed by atoms with Crippen molar-refractivity contribution in [2.75, 3.05) is 13.2 Å². The number of hydrogen-bond donors (Lipinski definition) is 4. The molecular weight excluding hydrogens is 214 g/mol. The molecule has 6 N–H and O–H groups in total. The van der Waals surface area contributed by atoms with Gasteiger partial charge in [0, 0.05) is 6.42 Å². The van der Waals surface area contributed by atoms with Gasteiger partial charge >= 0.3 is 0 Å². The van der Waals surface area contributed by atoms with E-state index in [-0.39, 0.29) is 13.0 Å². The molecule has 0 saturated carbocycles. The Hall–Kier alpha value is -1.31. The predicted molar refractivity (Wildman–Crippen MR) is 56.4 cm³/mol. The molecule has 0 spiro atoms. The Bertz CT molecular complexity index is 280. The van der Waals surface area contributed by atoms with Crippen LogP contribution in [0.25, 0.3) is 0 Å². The number of ketones is 2. The van der Waals surface area contributed by atoms with Gasteiger partial charge in [0.05, 0.1) is 18.6 Å². The lowest BCUT2D eigenvalue weighted by atomic mass is 10.1. The first-order valence-corrected chi connectivity index (χ1v) is 4.82. The molecule has 0 aromatic heterocycles. The third-order valence-electron chi connectivity index (χ3n) is 2.06. The highest BCUT2D eigenvalue weighted by atomic mass is 16.3. The Morgan fingerprint density at radius 2 is 1.88 bits per heavy atom. The van der Waals surface area contributed by atoms with Crippen LogP contribution >= 0.6 is 0 Å². The number of amides is 1. The first kappa shape index (κ1) is 14.7. The van der Waals surface area contributed by atoms with Crippen LogP contribution in [0.15, 0.2) is 0 Å². The van der Waals surface area contributed by atoms with E-state index in [1.807, 2.05) is 0 Å². The maximum absolute atomic E-state index is 11.3. The van der Waals surface area contributed by atoms with Crippen LogP contribution < -0.4 is 16.8 Å². The van der Waals surface area contributed by atoms with Crippen LogP contribution in [0.2, 0.25) is 0 Å². The lowest BCUT2D eigenvalue weighted by Gasteiger charge is -2.13. The van der Waals surface area contributed by atoms with Crippen LogP contribution in [0.5, 0.6) is 0 Å². The number of aliphatic hydroxyl groups is 1. The summed E-state index contributed by atoms with van der Waals surface area (Å²) >= 11 is 0. The summed E-state index contributed by atoms with van der Waals surface area (Å²) < 4.78 is 0. The third kappa shape index (κ3) is 5.54. The highest BCUT2D eigenvalue weighted by Crippen LogP contribution is 1.90. The minimum Gasteiger partial charge on any atom is -0.389 e. The normalized spacial score (nSPS) is 14.2. The molecule has 0 aliphatic heterocycles. The predicted octanol–water partition coefficient (Wildman–Crippen LogP) is -2.70. The van der Waals surface area contributed by atoms with Gasteiger partial charge < -0.3 is 21.9 Å². The van der Waals surface area contributed by atoms with Crippen molar-refractivity contribution in [1.29, 1.82) is 0 Å². The SMILES string of the molecule is C[C@H](NCC(=O)[C@@H](N)CC(N)=O)C(=O)CO. The maximum Gasteiger partial charge on any atom is 0.219 e. The molecule has 16 heavy (non-hydrogen) atoms. The third-order valence-corrected chi connectivity index (χ3v) is 2.06. The summed E-state index contributed by atoms with van der Waals surface area (Å²) in [5, 5.41) is 11.1.